The highest BCUT2D eigenvalue weighted by atomic mass is 16.5. The molecule has 0 aromatic heterocycles. The van der Waals surface area contributed by atoms with Gasteiger partial charge in [0.1, 0.15) is 5.75 Å². The van der Waals surface area contributed by atoms with E-state index in [9.17, 15) is 9.59 Å². The Morgan fingerprint density at radius 3 is 2.68 bits per heavy atom. The van der Waals surface area contributed by atoms with E-state index in [4.69, 9.17) is 4.74 Å². The Balaban J connectivity index is 1.66. The molecule has 0 spiro atoms. The zero-order chi connectivity index (χ0) is 19.9. The summed E-state index contributed by atoms with van der Waals surface area (Å²) >= 11 is 0. The van der Waals surface area contributed by atoms with E-state index in [2.05, 4.69) is 23.3 Å². The molecule has 0 saturated carbocycles. The first kappa shape index (κ1) is 19.7. The molecular weight excluding hydrogens is 352 g/mol. The highest BCUT2D eigenvalue weighted by Crippen LogP contribution is 2.26. The Hall–Kier alpha value is -3.08. The lowest BCUT2D eigenvalue weighted by molar-refractivity contribution is -0.122. The molecule has 2 N–H and O–H groups in total. The van der Waals surface area contributed by atoms with Crippen molar-refractivity contribution in [1.29, 1.82) is 0 Å². The first-order valence-corrected chi connectivity index (χ1v) is 9.66. The minimum atomic E-state index is -0.689. The van der Waals surface area contributed by atoms with Gasteiger partial charge >= 0.3 is 0 Å². The third-order valence-corrected chi connectivity index (χ3v) is 4.84. The van der Waals surface area contributed by atoms with Gasteiger partial charge in [-0.05, 0) is 68.0 Å². The van der Waals surface area contributed by atoms with Gasteiger partial charge in [0.25, 0.3) is 11.8 Å². The van der Waals surface area contributed by atoms with Crippen LogP contribution in [0.5, 0.6) is 5.75 Å². The fourth-order valence-electron chi connectivity index (χ4n) is 3.33. The van der Waals surface area contributed by atoms with Crippen molar-refractivity contribution in [2.45, 2.75) is 38.7 Å². The maximum absolute atomic E-state index is 12.6. The molecule has 0 bridgehead atoms. The van der Waals surface area contributed by atoms with Gasteiger partial charge in [0, 0.05) is 6.54 Å². The van der Waals surface area contributed by atoms with Crippen LogP contribution in [-0.4, -0.2) is 24.5 Å². The van der Waals surface area contributed by atoms with Gasteiger partial charge in [-0.25, -0.2) is 0 Å². The number of para-hydroxylation sites is 1. The summed E-state index contributed by atoms with van der Waals surface area (Å²) in [5.41, 5.74) is 3.53. The summed E-state index contributed by atoms with van der Waals surface area (Å²) in [7, 11) is 0. The van der Waals surface area contributed by atoms with E-state index in [-0.39, 0.29) is 11.8 Å². The second-order valence-electron chi connectivity index (χ2n) is 6.93. The smallest absolute Gasteiger partial charge is 0.265 e. The lowest BCUT2D eigenvalue weighted by Crippen LogP contribution is -2.31. The van der Waals surface area contributed by atoms with Crippen LogP contribution in [0.2, 0.25) is 0 Å². The van der Waals surface area contributed by atoms with Crippen LogP contribution in [0, 0.1) is 0 Å². The molecule has 0 saturated heterocycles. The molecule has 28 heavy (non-hydrogen) atoms. The lowest BCUT2D eigenvalue weighted by atomic mass is 9.92. The highest BCUT2D eigenvalue weighted by molar-refractivity contribution is 6.04. The number of aryl methyl sites for hydroxylation is 2. The number of hydrogen-bond acceptors (Lipinski definition) is 3. The van der Waals surface area contributed by atoms with E-state index in [1.54, 1.807) is 37.3 Å². The van der Waals surface area contributed by atoms with Crippen molar-refractivity contribution in [3.8, 4) is 5.75 Å². The molecule has 0 fully saturated rings. The maximum atomic E-state index is 12.6. The van der Waals surface area contributed by atoms with Crippen LogP contribution < -0.4 is 15.4 Å². The molecule has 0 aliphatic heterocycles. The number of amides is 2. The fourth-order valence-corrected chi connectivity index (χ4v) is 3.33. The minimum Gasteiger partial charge on any atom is -0.481 e. The summed E-state index contributed by atoms with van der Waals surface area (Å²) in [6, 6.07) is 12.9. The number of carbonyl (C=O) groups is 2. The van der Waals surface area contributed by atoms with Gasteiger partial charge in [-0.1, -0.05) is 24.3 Å². The molecular formula is C23H26N2O3. The molecule has 5 heteroatoms. The summed E-state index contributed by atoms with van der Waals surface area (Å²) in [6.07, 6.45) is 5.50. The number of fused-ring (bicyclic) bond motifs is 1. The van der Waals surface area contributed by atoms with E-state index in [1.165, 1.54) is 24.0 Å². The zero-order valence-corrected chi connectivity index (χ0v) is 16.2. The van der Waals surface area contributed by atoms with Crippen LogP contribution in [-0.2, 0) is 17.6 Å². The van der Waals surface area contributed by atoms with Gasteiger partial charge in [0.2, 0.25) is 0 Å². The summed E-state index contributed by atoms with van der Waals surface area (Å²) in [4.78, 5) is 24.9. The topological polar surface area (TPSA) is 67.4 Å². The van der Waals surface area contributed by atoms with Crippen LogP contribution in [0.3, 0.4) is 0 Å². The van der Waals surface area contributed by atoms with Gasteiger partial charge in [0.05, 0.1) is 11.3 Å². The SMILES string of the molecule is C=CCNC(=O)c1ccccc1NC(=O)C(C)Oc1ccc2c(c1)CCCC2. The Morgan fingerprint density at radius 2 is 1.89 bits per heavy atom. The van der Waals surface area contributed by atoms with Gasteiger partial charge in [-0.2, -0.15) is 0 Å². The molecule has 2 aromatic rings. The van der Waals surface area contributed by atoms with Crippen LogP contribution in [0.4, 0.5) is 5.69 Å². The van der Waals surface area contributed by atoms with E-state index in [0.29, 0.717) is 23.5 Å². The van der Waals surface area contributed by atoms with Crippen LogP contribution in [0.1, 0.15) is 41.3 Å². The molecule has 146 valence electrons. The van der Waals surface area contributed by atoms with E-state index in [1.807, 2.05) is 12.1 Å². The van der Waals surface area contributed by atoms with Gasteiger partial charge in [-0.15, -0.1) is 6.58 Å². The largest absolute Gasteiger partial charge is 0.481 e. The average Bonchev–Trinajstić information content (AvgIpc) is 2.72. The molecule has 0 radical (unpaired) electrons. The van der Waals surface area contributed by atoms with Gasteiger partial charge < -0.3 is 15.4 Å². The van der Waals surface area contributed by atoms with Crippen molar-refractivity contribution >= 4 is 17.5 Å². The summed E-state index contributed by atoms with van der Waals surface area (Å²) in [5, 5.41) is 5.52. The van der Waals surface area contributed by atoms with Crippen LogP contribution in [0.25, 0.3) is 0 Å². The van der Waals surface area contributed by atoms with Crippen molar-refractivity contribution in [3.05, 3.63) is 71.8 Å². The lowest BCUT2D eigenvalue weighted by Gasteiger charge is -2.19. The van der Waals surface area contributed by atoms with Gasteiger partial charge in [-0.3, -0.25) is 9.59 Å². The van der Waals surface area contributed by atoms with E-state index < -0.39 is 6.10 Å². The molecule has 1 atom stereocenters. The third kappa shape index (κ3) is 4.80. The summed E-state index contributed by atoms with van der Waals surface area (Å²) < 4.78 is 5.85. The number of ether oxygens (including phenoxy) is 1. The predicted molar refractivity (Wildman–Crippen MR) is 111 cm³/mol. The molecule has 0 heterocycles. The average molecular weight is 378 g/mol. The molecule has 2 aromatic carbocycles. The summed E-state index contributed by atoms with van der Waals surface area (Å²) in [5.74, 6) is 0.126. The van der Waals surface area contributed by atoms with Crippen molar-refractivity contribution in [2.24, 2.45) is 0 Å². The highest BCUT2D eigenvalue weighted by Gasteiger charge is 2.19. The number of anilines is 1. The first-order chi connectivity index (χ1) is 13.6. The number of benzene rings is 2. The van der Waals surface area contributed by atoms with E-state index >= 15 is 0 Å². The predicted octanol–water partition coefficient (Wildman–Crippen LogP) is 3.89. The second-order valence-corrected chi connectivity index (χ2v) is 6.93. The first-order valence-electron chi connectivity index (χ1n) is 9.66. The van der Waals surface area contributed by atoms with Crippen LogP contribution >= 0.6 is 0 Å². The Labute approximate surface area is 165 Å². The normalized spacial score (nSPS) is 13.8. The molecule has 1 aliphatic rings. The fraction of sp³-hybridized carbons (Fsp3) is 0.304. The van der Waals surface area contributed by atoms with Crippen molar-refractivity contribution in [3.63, 3.8) is 0 Å². The van der Waals surface area contributed by atoms with Crippen molar-refractivity contribution in [2.75, 3.05) is 11.9 Å². The summed E-state index contributed by atoms with van der Waals surface area (Å²) in [6.45, 7) is 5.65. The monoisotopic (exact) mass is 378 g/mol. The number of rotatable bonds is 7. The molecule has 1 unspecified atom stereocenters. The van der Waals surface area contributed by atoms with Crippen LogP contribution in [0.15, 0.2) is 55.1 Å². The number of nitrogens with one attached hydrogen (secondary N) is 2. The third-order valence-electron chi connectivity index (χ3n) is 4.84. The Bertz CT molecular complexity index is 876. The van der Waals surface area contributed by atoms with Crippen molar-refractivity contribution in [1.82, 2.24) is 5.32 Å². The van der Waals surface area contributed by atoms with Crippen molar-refractivity contribution < 1.29 is 14.3 Å². The maximum Gasteiger partial charge on any atom is 0.265 e. The Kier molecular flexibility index (Phi) is 6.48. The molecule has 1 aliphatic carbocycles. The second kappa shape index (κ2) is 9.22. The quantitative estimate of drug-likeness (QED) is 0.719. The zero-order valence-electron chi connectivity index (χ0n) is 16.2. The number of hydrogen-bond donors (Lipinski definition) is 2. The van der Waals surface area contributed by atoms with Gasteiger partial charge in [0.15, 0.2) is 6.10 Å². The number of carbonyl (C=O) groups excluding carboxylic acids is 2. The Morgan fingerprint density at radius 1 is 1.14 bits per heavy atom. The van der Waals surface area contributed by atoms with E-state index in [0.717, 1.165) is 12.8 Å². The molecule has 2 amide bonds. The molecule has 5 nitrogen and oxygen atoms in total. The minimum absolute atomic E-state index is 0.265. The standard InChI is InChI=1S/C23H26N2O3/c1-3-14-24-23(27)20-10-6-7-11-21(20)25-22(26)16(2)28-19-13-12-17-8-4-5-9-18(17)15-19/h3,6-7,10-13,15-16H,1,4-5,8-9,14H2,2H3,(H,24,27)(H,25,26). The molecule has 3 rings (SSSR count).